The van der Waals surface area contributed by atoms with E-state index >= 15 is 0 Å². The molecule has 0 saturated heterocycles. The lowest BCUT2D eigenvalue weighted by molar-refractivity contribution is 0.0601. The Morgan fingerprint density at radius 2 is 2.00 bits per heavy atom. The normalized spacial score (nSPS) is 11.9. The fourth-order valence-corrected chi connectivity index (χ4v) is 2.50. The number of fused-ring (bicyclic) bond motifs is 3. The van der Waals surface area contributed by atoms with Gasteiger partial charge in [-0.2, -0.15) is 0 Å². The third kappa shape index (κ3) is 2.84. The van der Waals surface area contributed by atoms with Crippen LogP contribution in [0.3, 0.4) is 0 Å². The minimum Gasteiger partial charge on any atom is -0.465 e. The van der Waals surface area contributed by atoms with Gasteiger partial charge in [0.2, 0.25) is 5.95 Å². The molecule has 0 amide bonds. The number of imidazole rings is 1. The number of hydrogen-bond acceptors (Lipinski definition) is 5. The molecule has 1 aromatic carbocycles. The van der Waals surface area contributed by atoms with Gasteiger partial charge in [0.25, 0.3) is 0 Å². The van der Waals surface area contributed by atoms with Gasteiger partial charge in [-0.25, -0.2) is 14.8 Å². The lowest BCUT2D eigenvalue weighted by atomic mass is 10.1. The van der Waals surface area contributed by atoms with Crippen LogP contribution in [0.2, 0.25) is 0 Å². The van der Waals surface area contributed by atoms with Crippen molar-refractivity contribution in [2.75, 3.05) is 12.4 Å². The molecule has 6 nitrogen and oxygen atoms in total. The number of hydrogen-bond donors (Lipinski definition) is 1. The van der Waals surface area contributed by atoms with Crippen LogP contribution in [0, 0.1) is 6.92 Å². The SMILES string of the molecule is COC(=O)c1ccc2c(c1)nc(NC(C)(C)C)n1cc(C)nc21. The van der Waals surface area contributed by atoms with E-state index in [1.807, 2.05) is 23.6 Å². The van der Waals surface area contributed by atoms with E-state index in [-0.39, 0.29) is 11.5 Å². The van der Waals surface area contributed by atoms with Gasteiger partial charge < -0.3 is 10.1 Å². The topological polar surface area (TPSA) is 68.5 Å². The van der Waals surface area contributed by atoms with Gasteiger partial charge in [-0.1, -0.05) is 0 Å². The molecule has 3 aromatic rings. The number of rotatable bonds is 2. The number of carbonyl (C=O) groups excluding carboxylic acids is 1. The molecule has 0 spiro atoms. The van der Waals surface area contributed by atoms with Gasteiger partial charge in [-0.05, 0) is 45.9 Å². The third-order valence-corrected chi connectivity index (χ3v) is 3.43. The molecule has 1 N–H and O–H groups in total. The highest BCUT2D eigenvalue weighted by Gasteiger charge is 2.17. The maximum absolute atomic E-state index is 11.8. The number of ether oxygens (including phenoxy) is 1. The first-order chi connectivity index (χ1) is 10.8. The largest absolute Gasteiger partial charge is 0.465 e. The lowest BCUT2D eigenvalue weighted by Gasteiger charge is -2.22. The second-order valence-corrected chi connectivity index (χ2v) is 6.61. The summed E-state index contributed by atoms with van der Waals surface area (Å²) >= 11 is 0. The van der Waals surface area contributed by atoms with Gasteiger partial charge in [0.05, 0.1) is 23.9 Å². The molecule has 0 aliphatic heterocycles. The van der Waals surface area contributed by atoms with E-state index in [1.54, 1.807) is 12.1 Å². The van der Waals surface area contributed by atoms with Gasteiger partial charge >= 0.3 is 5.97 Å². The van der Waals surface area contributed by atoms with E-state index in [9.17, 15) is 4.79 Å². The molecule has 0 atom stereocenters. The molecule has 0 bridgehead atoms. The Kier molecular flexibility index (Phi) is 3.47. The summed E-state index contributed by atoms with van der Waals surface area (Å²) in [6.45, 7) is 8.15. The van der Waals surface area contributed by atoms with Gasteiger partial charge in [-0.15, -0.1) is 0 Å². The fraction of sp³-hybridized carbons (Fsp3) is 0.353. The smallest absolute Gasteiger partial charge is 0.337 e. The Labute approximate surface area is 134 Å². The number of benzene rings is 1. The van der Waals surface area contributed by atoms with Gasteiger partial charge in [0, 0.05) is 17.1 Å². The highest BCUT2D eigenvalue weighted by molar-refractivity contribution is 5.98. The number of methoxy groups -OCH3 is 1. The zero-order chi connectivity index (χ0) is 16.8. The zero-order valence-electron chi connectivity index (χ0n) is 14.0. The van der Waals surface area contributed by atoms with Crippen molar-refractivity contribution in [2.24, 2.45) is 0 Å². The van der Waals surface area contributed by atoms with Crippen molar-refractivity contribution < 1.29 is 9.53 Å². The average molecular weight is 312 g/mol. The fourth-order valence-electron chi connectivity index (χ4n) is 2.50. The van der Waals surface area contributed by atoms with Crippen LogP contribution in [-0.2, 0) is 4.74 Å². The number of aromatic nitrogens is 3. The van der Waals surface area contributed by atoms with Crippen LogP contribution in [-0.4, -0.2) is 33.0 Å². The van der Waals surface area contributed by atoms with E-state index in [1.165, 1.54) is 7.11 Å². The standard InChI is InChI=1S/C17H20N4O2/c1-10-9-21-14(18-10)12-7-6-11(15(22)23-5)8-13(12)19-16(21)20-17(2,3)4/h6-9H,1-5H3,(H,19,20). The Bertz CT molecular complexity index is 906. The summed E-state index contributed by atoms with van der Waals surface area (Å²) in [5, 5.41) is 4.28. The zero-order valence-corrected chi connectivity index (χ0v) is 14.0. The molecule has 23 heavy (non-hydrogen) atoms. The van der Waals surface area contributed by atoms with Crippen molar-refractivity contribution in [3.05, 3.63) is 35.7 Å². The first-order valence-electron chi connectivity index (χ1n) is 7.44. The summed E-state index contributed by atoms with van der Waals surface area (Å²) < 4.78 is 6.73. The first kappa shape index (κ1) is 15.3. The van der Waals surface area contributed by atoms with Crippen LogP contribution < -0.4 is 5.32 Å². The number of aryl methyl sites for hydroxylation is 1. The van der Waals surface area contributed by atoms with E-state index in [0.29, 0.717) is 17.0 Å². The van der Waals surface area contributed by atoms with Crippen LogP contribution >= 0.6 is 0 Å². The average Bonchev–Trinajstić information content (AvgIpc) is 2.86. The summed E-state index contributed by atoms with van der Waals surface area (Å²) in [5.41, 5.74) is 2.76. The van der Waals surface area contributed by atoms with Gasteiger partial charge in [-0.3, -0.25) is 4.40 Å². The van der Waals surface area contributed by atoms with Crippen molar-refractivity contribution in [3.63, 3.8) is 0 Å². The van der Waals surface area contributed by atoms with E-state index in [0.717, 1.165) is 16.7 Å². The summed E-state index contributed by atoms with van der Waals surface area (Å²) in [6, 6.07) is 5.33. The summed E-state index contributed by atoms with van der Waals surface area (Å²) in [6.07, 6.45) is 1.95. The molecule has 3 rings (SSSR count). The molecule has 0 saturated carbocycles. The quantitative estimate of drug-likeness (QED) is 0.736. The molecule has 0 unspecified atom stereocenters. The Hall–Kier alpha value is -2.63. The molecule has 0 fully saturated rings. The number of nitrogens with one attached hydrogen (secondary N) is 1. The van der Waals surface area contributed by atoms with Crippen molar-refractivity contribution in [1.29, 1.82) is 0 Å². The second-order valence-electron chi connectivity index (χ2n) is 6.61. The number of anilines is 1. The minimum atomic E-state index is -0.376. The predicted molar refractivity (Wildman–Crippen MR) is 89.9 cm³/mol. The van der Waals surface area contributed by atoms with E-state index < -0.39 is 0 Å². The minimum absolute atomic E-state index is 0.147. The lowest BCUT2D eigenvalue weighted by Crippen LogP contribution is -2.28. The van der Waals surface area contributed by atoms with Gasteiger partial charge in [0.15, 0.2) is 0 Å². The molecular weight excluding hydrogens is 292 g/mol. The Morgan fingerprint density at radius 3 is 2.65 bits per heavy atom. The molecule has 120 valence electrons. The molecule has 0 aliphatic rings. The molecule has 0 aliphatic carbocycles. The highest BCUT2D eigenvalue weighted by Crippen LogP contribution is 2.25. The van der Waals surface area contributed by atoms with Crippen LogP contribution in [0.1, 0.15) is 36.8 Å². The highest BCUT2D eigenvalue weighted by atomic mass is 16.5. The van der Waals surface area contributed by atoms with E-state index in [2.05, 4.69) is 36.1 Å². The molecule has 2 aromatic heterocycles. The number of esters is 1. The summed E-state index contributed by atoms with van der Waals surface area (Å²) in [4.78, 5) is 21.0. The van der Waals surface area contributed by atoms with Gasteiger partial charge in [0.1, 0.15) is 5.65 Å². The monoisotopic (exact) mass is 312 g/mol. The van der Waals surface area contributed by atoms with Crippen LogP contribution in [0.5, 0.6) is 0 Å². The Morgan fingerprint density at radius 1 is 1.26 bits per heavy atom. The maximum atomic E-state index is 11.8. The summed E-state index contributed by atoms with van der Waals surface area (Å²) in [7, 11) is 1.37. The van der Waals surface area contributed by atoms with Crippen LogP contribution in [0.25, 0.3) is 16.6 Å². The van der Waals surface area contributed by atoms with Crippen molar-refractivity contribution >= 4 is 28.5 Å². The van der Waals surface area contributed by atoms with Crippen LogP contribution in [0.15, 0.2) is 24.4 Å². The molecule has 6 heteroatoms. The number of carbonyl (C=O) groups is 1. The van der Waals surface area contributed by atoms with Crippen molar-refractivity contribution in [1.82, 2.24) is 14.4 Å². The number of nitrogens with zero attached hydrogens (tertiary/aromatic N) is 3. The van der Waals surface area contributed by atoms with Crippen molar-refractivity contribution in [2.45, 2.75) is 33.2 Å². The molecule has 2 heterocycles. The second kappa shape index (κ2) is 5.22. The molecular formula is C17H20N4O2. The van der Waals surface area contributed by atoms with Crippen molar-refractivity contribution in [3.8, 4) is 0 Å². The third-order valence-electron chi connectivity index (χ3n) is 3.43. The van der Waals surface area contributed by atoms with Crippen LogP contribution in [0.4, 0.5) is 5.95 Å². The van der Waals surface area contributed by atoms with E-state index in [4.69, 9.17) is 4.74 Å². The maximum Gasteiger partial charge on any atom is 0.337 e. The molecule has 0 radical (unpaired) electrons. The Balaban J connectivity index is 2.29. The predicted octanol–water partition coefficient (Wildman–Crippen LogP) is 3.19. The summed E-state index contributed by atoms with van der Waals surface area (Å²) in [5.74, 6) is 0.320. The first-order valence-corrected chi connectivity index (χ1v) is 7.44.